The highest BCUT2D eigenvalue weighted by molar-refractivity contribution is 6.33. The quantitative estimate of drug-likeness (QED) is 0.147. The van der Waals surface area contributed by atoms with Crippen molar-refractivity contribution < 1.29 is 13.4 Å². The van der Waals surface area contributed by atoms with Crippen LogP contribution in [0.3, 0.4) is 0 Å². The molecule has 0 amide bonds. The normalized spacial score (nSPS) is 12.6. The van der Waals surface area contributed by atoms with Gasteiger partial charge in [0.15, 0.2) is 6.33 Å². The van der Waals surface area contributed by atoms with Crippen LogP contribution in [0.15, 0.2) is 142 Å². The van der Waals surface area contributed by atoms with Gasteiger partial charge in [0.1, 0.15) is 22.3 Å². The minimum Gasteiger partial charge on any atom is -0.457 e. The molecule has 0 aliphatic rings. The average Bonchev–Trinajstić information content (AvgIpc) is 3.88. The molecule has 0 aliphatic carbocycles. The molecule has 0 saturated heterocycles. The standard InChI is InChI=1S/C42H22N4O2/c1-2-8-24(9-3-1)25-16-17-29-27(22-25)26-10-4-5-11-28(26)46(29)37-15-7-14-36(43-37)44-23-45-30-12-6-13-32-38(30)39-33(47-32)20-21-34-40(39)41-35(48-34)19-18-31(44)42(41)45/h1-22H. The number of fused-ring (bicyclic) bond motifs is 4. The van der Waals surface area contributed by atoms with Crippen LogP contribution >= 0.6 is 0 Å². The van der Waals surface area contributed by atoms with Crippen LogP contribution in [0.4, 0.5) is 0 Å². The predicted molar refractivity (Wildman–Crippen MR) is 190 cm³/mol. The summed E-state index contributed by atoms with van der Waals surface area (Å²) in [6, 6.07) is 46.5. The number of para-hydroxylation sites is 1. The summed E-state index contributed by atoms with van der Waals surface area (Å²) < 4.78 is 19.3. The van der Waals surface area contributed by atoms with Gasteiger partial charge in [-0.3, -0.25) is 9.13 Å². The monoisotopic (exact) mass is 614 g/mol. The van der Waals surface area contributed by atoms with Gasteiger partial charge in [-0.1, -0.05) is 78.9 Å². The van der Waals surface area contributed by atoms with Crippen molar-refractivity contribution in [3.63, 3.8) is 0 Å². The Morgan fingerprint density at radius 2 is 1.23 bits per heavy atom. The fourth-order valence-electron chi connectivity index (χ4n) is 8.05. The van der Waals surface area contributed by atoms with E-state index in [4.69, 9.17) is 13.8 Å². The van der Waals surface area contributed by atoms with Crippen molar-refractivity contribution in [3.05, 3.63) is 140 Å². The molecule has 0 radical (unpaired) electrons. The molecule has 6 heteroatoms. The van der Waals surface area contributed by atoms with Crippen molar-refractivity contribution in [2.24, 2.45) is 0 Å². The van der Waals surface area contributed by atoms with Gasteiger partial charge in [-0.05, 0) is 65.7 Å². The molecule has 12 aromatic rings. The molecule has 6 aromatic carbocycles. The Morgan fingerprint density at radius 3 is 2.12 bits per heavy atom. The van der Waals surface area contributed by atoms with E-state index in [-0.39, 0.29) is 0 Å². The summed E-state index contributed by atoms with van der Waals surface area (Å²) in [7, 11) is 0. The Hall–Kier alpha value is -6.66. The maximum Gasteiger partial charge on any atom is 0.205 e. The summed E-state index contributed by atoms with van der Waals surface area (Å²) >= 11 is 0. The second-order valence-electron chi connectivity index (χ2n) is 12.5. The highest BCUT2D eigenvalue weighted by atomic mass is 16.3. The molecular formula is C42H22N4O2. The van der Waals surface area contributed by atoms with E-state index in [1.165, 1.54) is 21.9 Å². The lowest BCUT2D eigenvalue weighted by atomic mass is 10.0. The Kier molecular flexibility index (Phi) is 4.39. The van der Waals surface area contributed by atoms with Crippen LogP contribution in [-0.4, -0.2) is 14.0 Å². The topological polar surface area (TPSA) is 52.4 Å². The lowest BCUT2D eigenvalue weighted by molar-refractivity contribution is -0.576. The Labute approximate surface area is 271 Å². The number of furan rings is 2. The Bertz CT molecular complexity index is 3230. The molecule has 6 nitrogen and oxygen atoms in total. The van der Waals surface area contributed by atoms with Crippen molar-refractivity contribution in [2.75, 3.05) is 0 Å². The van der Waals surface area contributed by atoms with Crippen LogP contribution in [0.5, 0.6) is 0 Å². The summed E-state index contributed by atoms with van der Waals surface area (Å²) in [6.07, 6.45) is 3.70. The van der Waals surface area contributed by atoms with Crippen molar-refractivity contribution in [3.8, 4) is 22.8 Å². The van der Waals surface area contributed by atoms with E-state index in [1.54, 1.807) is 0 Å². The summed E-state index contributed by atoms with van der Waals surface area (Å²) in [5.41, 5.74) is 11.1. The SMILES string of the molecule is [c-]1n2c3cccc4oc5ccc6oc7ccc(c2c7c6c5c43)[n+]1-c1cccc(-n2c3ccccc3c3cc(-c4ccccc4)ccc32)n1. The van der Waals surface area contributed by atoms with E-state index in [9.17, 15) is 0 Å². The molecule has 0 aliphatic heterocycles. The third-order valence-corrected chi connectivity index (χ3v) is 10.1. The zero-order valence-corrected chi connectivity index (χ0v) is 25.3. The lowest BCUT2D eigenvalue weighted by Crippen LogP contribution is -2.31. The predicted octanol–water partition coefficient (Wildman–Crippen LogP) is 10.0. The molecule has 0 atom stereocenters. The van der Waals surface area contributed by atoms with Crippen molar-refractivity contribution in [1.82, 2.24) is 14.0 Å². The maximum atomic E-state index is 6.41. The summed E-state index contributed by atoms with van der Waals surface area (Å²) in [5, 5.41) is 6.70. The number of pyridine rings is 1. The van der Waals surface area contributed by atoms with Crippen LogP contribution in [0.2, 0.25) is 0 Å². The molecule has 222 valence electrons. The van der Waals surface area contributed by atoms with Crippen LogP contribution in [0, 0.1) is 6.33 Å². The molecule has 48 heavy (non-hydrogen) atoms. The summed E-state index contributed by atoms with van der Waals surface area (Å²) in [4.78, 5) is 5.33. The zero-order valence-electron chi connectivity index (χ0n) is 25.3. The van der Waals surface area contributed by atoms with E-state index in [1.807, 2.05) is 24.3 Å². The number of hydrogen-bond donors (Lipinski definition) is 0. The number of benzene rings is 6. The number of imidazole rings is 1. The molecule has 0 saturated carbocycles. The van der Waals surface area contributed by atoms with E-state index in [0.717, 1.165) is 83.1 Å². The first kappa shape index (κ1) is 24.6. The van der Waals surface area contributed by atoms with Gasteiger partial charge in [0.2, 0.25) is 11.6 Å². The third kappa shape index (κ3) is 2.98. The lowest BCUT2D eigenvalue weighted by Gasteiger charge is -2.08. The largest absolute Gasteiger partial charge is 0.457 e. The fourth-order valence-corrected chi connectivity index (χ4v) is 8.05. The first-order valence-corrected chi connectivity index (χ1v) is 16.1. The molecular weight excluding hydrogens is 592 g/mol. The molecule has 0 N–H and O–H groups in total. The van der Waals surface area contributed by atoms with Crippen molar-refractivity contribution in [2.45, 2.75) is 0 Å². The maximum absolute atomic E-state index is 6.41. The fraction of sp³-hybridized carbons (Fsp3) is 0. The van der Waals surface area contributed by atoms with Crippen LogP contribution in [-0.2, 0) is 0 Å². The number of rotatable bonds is 3. The minimum atomic E-state index is 0.778. The highest BCUT2D eigenvalue weighted by Crippen LogP contribution is 2.45. The zero-order chi connectivity index (χ0) is 31.1. The molecule has 12 rings (SSSR count). The van der Waals surface area contributed by atoms with Crippen LogP contribution in [0.1, 0.15) is 0 Å². The molecule has 6 heterocycles. The molecule has 6 aromatic heterocycles. The number of hydrogen-bond acceptors (Lipinski definition) is 3. The van der Waals surface area contributed by atoms with Gasteiger partial charge in [0.05, 0.1) is 22.1 Å². The highest BCUT2D eigenvalue weighted by Gasteiger charge is 2.24. The average molecular weight is 615 g/mol. The Morgan fingerprint density at radius 1 is 0.521 bits per heavy atom. The van der Waals surface area contributed by atoms with Gasteiger partial charge in [0, 0.05) is 37.8 Å². The minimum absolute atomic E-state index is 0.778. The Balaban J connectivity index is 1.14. The second kappa shape index (κ2) is 8.57. The first-order valence-electron chi connectivity index (χ1n) is 16.1. The third-order valence-electron chi connectivity index (χ3n) is 10.1. The van der Waals surface area contributed by atoms with E-state index < -0.39 is 0 Å². The summed E-state index contributed by atoms with van der Waals surface area (Å²) in [5.74, 6) is 1.62. The van der Waals surface area contributed by atoms with Gasteiger partial charge in [-0.2, -0.15) is 0 Å². The van der Waals surface area contributed by atoms with Gasteiger partial charge in [0.25, 0.3) is 0 Å². The van der Waals surface area contributed by atoms with Gasteiger partial charge >= 0.3 is 0 Å². The molecule has 0 unspecified atom stereocenters. The van der Waals surface area contributed by atoms with Gasteiger partial charge in [-0.15, -0.1) is 4.98 Å². The van der Waals surface area contributed by atoms with Gasteiger partial charge < -0.3 is 13.2 Å². The van der Waals surface area contributed by atoms with Gasteiger partial charge in [-0.25, -0.2) is 0 Å². The number of aromatic nitrogens is 4. The molecule has 0 spiro atoms. The number of nitrogens with zero attached hydrogens (tertiary/aromatic N) is 4. The molecule has 0 bridgehead atoms. The van der Waals surface area contributed by atoms with Crippen molar-refractivity contribution >= 4 is 82.2 Å². The van der Waals surface area contributed by atoms with Crippen LogP contribution < -0.4 is 4.57 Å². The van der Waals surface area contributed by atoms with E-state index in [2.05, 4.69) is 129 Å². The molecule has 0 fully saturated rings. The van der Waals surface area contributed by atoms with Crippen LogP contribution in [0.25, 0.3) is 105 Å². The second-order valence-corrected chi connectivity index (χ2v) is 12.5. The van der Waals surface area contributed by atoms with E-state index >= 15 is 0 Å². The summed E-state index contributed by atoms with van der Waals surface area (Å²) in [6.45, 7) is 0. The smallest absolute Gasteiger partial charge is 0.205 e. The first-order chi connectivity index (χ1) is 23.8. The van der Waals surface area contributed by atoms with Crippen molar-refractivity contribution in [1.29, 1.82) is 0 Å². The van der Waals surface area contributed by atoms with E-state index in [0.29, 0.717) is 0 Å².